The summed E-state index contributed by atoms with van der Waals surface area (Å²) >= 11 is 2.83. The van der Waals surface area contributed by atoms with Crippen LogP contribution in [0.3, 0.4) is 0 Å². The second-order valence-electron chi connectivity index (χ2n) is 4.48. The van der Waals surface area contributed by atoms with E-state index in [2.05, 4.69) is 29.0 Å². The lowest BCUT2D eigenvalue weighted by atomic mass is 10.3. The van der Waals surface area contributed by atoms with Gasteiger partial charge in [0.1, 0.15) is 10.9 Å². The number of amides is 1. The molecule has 2 heterocycles. The third-order valence-electron chi connectivity index (χ3n) is 3.05. The largest absolute Gasteiger partial charge is 0.480 e. The second-order valence-corrected chi connectivity index (χ2v) is 6.52. The molecule has 8 heteroatoms. The standard InChI is InChI=1S/C13H17N3O3S2/c1-4-16(5-2)13-15-11-9(21-13)6-8(20-11)10(17)14-7(3)12(18)19/h6-7H,4-5H2,1-3H3,(H,14,17)(H,18,19). The Kier molecular flexibility index (Phi) is 4.79. The Morgan fingerprint density at radius 1 is 1.38 bits per heavy atom. The van der Waals surface area contributed by atoms with Gasteiger partial charge in [0.25, 0.3) is 5.91 Å². The van der Waals surface area contributed by atoms with Crippen LogP contribution in [0.5, 0.6) is 0 Å². The number of aliphatic carboxylic acids is 1. The molecule has 0 aliphatic rings. The minimum atomic E-state index is -1.05. The van der Waals surface area contributed by atoms with Crippen molar-refractivity contribution in [2.45, 2.75) is 26.8 Å². The molecular weight excluding hydrogens is 310 g/mol. The fraction of sp³-hybridized carbons (Fsp3) is 0.462. The number of fused-ring (bicyclic) bond motifs is 1. The highest BCUT2D eigenvalue weighted by molar-refractivity contribution is 7.29. The zero-order chi connectivity index (χ0) is 15.6. The molecule has 1 atom stereocenters. The molecule has 114 valence electrons. The van der Waals surface area contributed by atoms with Crippen LogP contribution >= 0.6 is 22.7 Å². The Morgan fingerprint density at radius 3 is 2.57 bits per heavy atom. The van der Waals surface area contributed by atoms with Crippen molar-refractivity contribution in [1.82, 2.24) is 10.3 Å². The van der Waals surface area contributed by atoms with E-state index in [0.717, 1.165) is 27.8 Å². The Morgan fingerprint density at radius 2 is 2.05 bits per heavy atom. The van der Waals surface area contributed by atoms with E-state index in [1.54, 1.807) is 17.4 Å². The summed E-state index contributed by atoms with van der Waals surface area (Å²) in [4.78, 5) is 30.7. The lowest BCUT2D eigenvalue weighted by Gasteiger charge is -2.16. The van der Waals surface area contributed by atoms with Crippen molar-refractivity contribution < 1.29 is 14.7 Å². The summed E-state index contributed by atoms with van der Waals surface area (Å²) in [5, 5.41) is 12.2. The van der Waals surface area contributed by atoms with Gasteiger partial charge in [-0.2, -0.15) is 0 Å². The first-order valence-electron chi connectivity index (χ1n) is 6.65. The summed E-state index contributed by atoms with van der Waals surface area (Å²) in [6, 6.07) is 0.867. The number of hydrogen-bond donors (Lipinski definition) is 2. The van der Waals surface area contributed by atoms with Crippen LogP contribution in [0.1, 0.15) is 30.4 Å². The molecule has 0 saturated heterocycles. The molecule has 21 heavy (non-hydrogen) atoms. The van der Waals surface area contributed by atoms with Gasteiger partial charge < -0.3 is 15.3 Å². The van der Waals surface area contributed by atoms with Gasteiger partial charge in [0.05, 0.1) is 9.58 Å². The van der Waals surface area contributed by atoms with Gasteiger partial charge in [-0.3, -0.25) is 9.59 Å². The maximum Gasteiger partial charge on any atom is 0.325 e. The number of nitrogens with one attached hydrogen (secondary N) is 1. The van der Waals surface area contributed by atoms with E-state index in [1.165, 1.54) is 18.3 Å². The molecule has 0 aliphatic carbocycles. The Hall–Kier alpha value is -1.67. The van der Waals surface area contributed by atoms with Crippen LogP contribution in [0.4, 0.5) is 5.13 Å². The minimum absolute atomic E-state index is 0.371. The van der Waals surface area contributed by atoms with E-state index in [-0.39, 0.29) is 5.91 Å². The number of nitrogens with zero attached hydrogens (tertiary/aromatic N) is 2. The Labute approximate surface area is 130 Å². The number of carbonyl (C=O) groups is 2. The molecule has 2 N–H and O–H groups in total. The number of hydrogen-bond acceptors (Lipinski definition) is 6. The van der Waals surface area contributed by atoms with Crippen LogP contribution < -0.4 is 10.2 Å². The summed E-state index contributed by atoms with van der Waals surface area (Å²) in [6.45, 7) is 7.37. The highest BCUT2D eigenvalue weighted by Crippen LogP contribution is 2.34. The first-order valence-corrected chi connectivity index (χ1v) is 8.28. The fourth-order valence-electron chi connectivity index (χ4n) is 1.79. The summed E-state index contributed by atoms with van der Waals surface area (Å²) < 4.78 is 0.954. The first kappa shape index (κ1) is 15.7. The third kappa shape index (κ3) is 3.33. The molecule has 0 fully saturated rings. The van der Waals surface area contributed by atoms with E-state index >= 15 is 0 Å². The monoisotopic (exact) mass is 327 g/mol. The van der Waals surface area contributed by atoms with Crippen LogP contribution in [0, 0.1) is 0 Å². The fourth-order valence-corrected chi connectivity index (χ4v) is 4.04. The molecular formula is C13H17N3O3S2. The van der Waals surface area contributed by atoms with Gasteiger partial charge in [-0.1, -0.05) is 11.3 Å². The van der Waals surface area contributed by atoms with Gasteiger partial charge in [-0.15, -0.1) is 11.3 Å². The molecule has 2 aromatic rings. The third-order valence-corrected chi connectivity index (χ3v) is 5.27. The molecule has 1 amide bonds. The topological polar surface area (TPSA) is 82.5 Å². The highest BCUT2D eigenvalue weighted by Gasteiger charge is 2.19. The number of rotatable bonds is 6. The molecule has 0 saturated carbocycles. The molecule has 0 radical (unpaired) electrons. The molecule has 0 aromatic carbocycles. The number of thiophene rings is 1. The lowest BCUT2D eigenvalue weighted by Crippen LogP contribution is -2.37. The zero-order valence-electron chi connectivity index (χ0n) is 12.0. The van der Waals surface area contributed by atoms with E-state index in [4.69, 9.17) is 5.11 Å². The second kappa shape index (κ2) is 6.40. The van der Waals surface area contributed by atoms with Crippen molar-refractivity contribution in [3.8, 4) is 0 Å². The lowest BCUT2D eigenvalue weighted by molar-refractivity contribution is -0.138. The van der Waals surface area contributed by atoms with Crippen molar-refractivity contribution >= 4 is 49.2 Å². The first-order chi connectivity index (χ1) is 9.96. The summed E-state index contributed by atoms with van der Waals surface area (Å²) in [6.07, 6.45) is 0. The summed E-state index contributed by atoms with van der Waals surface area (Å²) in [5.41, 5.74) is 0. The summed E-state index contributed by atoms with van der Waals surface area (Å²) in [5.74, 6) is -1.42. The maximum atomic E-state index is 12.0. The average Bonchev–Trinajstić information content (AvgIpc) is 2.98. The Balaban J connectivity index is 2.18. The van der Waals surface area contributed by atoms with E-state index in [9.17, 15) is 9.59 Å². The molecule has 2 aromatic heterocycles. The van der Waals surface area contributed by atoms with Crippen LogP contribution in [-0.2, 0) is 4.79 Å². The number of aromatic nitrogens is 1. The van der Waals surface area contributed by atoms with Crippen LogP contribution in [-0.4, -0.2) is 41.1 Å². The van der Waals surface area contributed by atoms with Gasteiger partial charge in [0, 0.05) is 13.1 Å². The van der Waals surface area contributed by atoms with Gasteiger partial charge in [0.2, 0.25) is 0 Å². The highest BCUT2D eigenvalue weighted by atomic mass is 32.1. The number of carbonyl (C=O) groups excluding carboxylic acids is 1. The van der Waals surface area contributed by atoms with Crippen LogP contribution in [0.15, 0.2) is 6.07 Å². The van der Waals surface area contributed by atoms with E-state index in [1.807, 2.05) is 0 Å². The molecule has 0 aliphatic heterocycles. The normalized spacial score (nSPS) is 12.3. The molecule has 0 bridgehead atoms. The van der Waals surface area contributed by atoms with Crippen molar-refractivity contribution in [2.75, 3.05) is 18.0 Å². The smallest absolute Gasteiger partial charge is 0.325 e. The number of carboxylic acid groups (broad SMARTS) is 1. The van der Waals surface area contributed by atoms with Crippen molar-refractivity contribution in [2.24, 2.45) is 0 Å². The van der Waals surface area contributed by atoms with E-state index in [0.29, 0.717) is 4.88 Å². The number of anilines is 1. The van der Waals surface area contributed by atoms with Crippen molar-refractivity contribution in [3.05, 3.63) is 10.9 Å². The van der Waals surface area contributed by atoms with E-state index < -0.39 is 12.0 Å². The summed E-state index contributed by atoms with van der Waals surface area (Å²) in [7, 11) is 0. The SMILES string of the molecule is CCN(CC)c1nc2sc(C(=O)NC(C)C(=O)O)cc2s1. The zero-order valence-corrected chi connectivity index (χ0v) is 13.7. The quantitative estimate of drug-likeness (QED) is 0.851. The van der Waals surface area contributed by atoms with Gasteiger partial charge in [-0.25, -0.2) is 4.98 Å². The van der Waals surface area contributed by atoms with Gasteiger partial charge >= 0.3 is 5.97 Å². The molecule has 2 rings (SSSR count). The van der Waals surface area contributed by atoms with Crippen LogP contribution in [0.2, 0.25) is 0 Å². The van der Waals surface area contributed by atoms with Crippen molar-refractivity contribution in [1.29, 1.82) is 0 Å². The van der Waals surface area contributed by atoms with Crippen molar-refractivity contribution in [3.63, 3.8) is 0 Å². The Bertz CT molecular complexity index is 629. The van der Waals surface area contributed by atoms with Gasteiger partial charge in [0.15, 0.2) is 5.13 Å². The molecule has 1 unspecified atom stereocenters. The van der Waals surface area contributed by atoms with Crippen LogP contribution in [0.25, 0.3) is 9.53 Å². The molecule has 6 nitrogen and oxygen atoms in total. The maximum absolute atomic E-state index is 12.0. The number of thiazole rings is 1. The predicted octanol–water partition coefficient (Wildman–Crippen LogP) is 2.41. The molecule has 0 spiro atoms. The predicted molar refractivity (Wildman–Crippen MR) is 85.6 cm³/mol. The minimum Gasteiger partial charge on any atom is -0.480 e. The number of carboxylic acids is 1. The average molecular weight is 327 g/mol. The van der Waals surface area contributed by atoms with Gasteiger partial charge in [-0.05, 0) is 26.8 Å².